The van der Waals surface area contributed by atoms with Gasteiger partial charge in [-0.3, -0.25) is 0 Å². The van der Waals surface area contributed by atoms with Crippen LogP contribution in [0.3, 0.4) is 0 Å². The van der Waals surface area contributed by atoms with Gasteiger partial charge >= 0.3 is 0 Å². The van der Waals surface area contributed by atoms with Gasteiger partial charge in [0, 0.05) is 27.7 Å². The van der Waals surface area contributed by atoms with Crippen LogP contribution in [0.5, 0.6) is 0 Å². The van der Waals surface area contributed by atoms with Crippen molar-refractivity contribution in [2.45, 2.75) is 24.6 Å². The molecule has 0 unspecified atom stereocenters. The van der Waals surface area contributed by atoms with E-state index in [0.717, 1.165) is 27.1 Å². The standard InChI is InChI=1S/C14H12BrClN2/c15-12-5-3-10(4-6-12)14-17-8-11(7-16)13(18-14)9-1-2-9/h3-6,8-9H,1-2,7H2. The van der Waals surface area contributed by atoms with Gasteiger partial charge in [-0.15, -0.1) is 11.6 Å². The van der Waals surface area contributed by atoms with Gasteiger partial charge in [0.2, 0.25) is 0 Å². The summed E-state index contributed by atoms with van der Waals surface area (Å²) in [6.45, 7) is 0. The molecule has 1 saturated carbocycles. The lowest BCUT2D eigenvalue weighted by molar-refractivity contribution is 0.959. The molecule has 92 valence electrons. The van der Waals surface area contributed by atoms with E-state index in [9.17, 15) is 0 Å². The Labute approximate surface area is 120 Å². The Morgan fingerprint density at radius 2 is 1.94 bits per heavy atom. The number of halogens is 2. The molecule has 1 aromatic carbocycles. The van der Waals surface area contributed by atoms with Gasteiger partial charge in [0.1, 0.15) is 0 Å². The first-order valence-corrected chi connectivity index (χ1v) is 7.28. The van der Waals surface area contributed by atoms with Crippen molar-refractivity contribution in [2.75, 3.05) is 0 Å². The van der Waals surface area contributed by atoms with Crippen molar-refractivity contribution in [3.05, 3.63) is 46.2 Å². The van der Waals surface area contributed by atoms with E-state index in [4.69, 9.17) is 16.6 Å². The molecule has 1 aliphatic rings. The van der Waals surface area contributed by atoms with E-state index >= 15 is 0 Å². The lowest BCUT2D eigenvalue weighted by Crippen LogP contribution is -1.99. The minimum Gasteiger partial charge on any atom is -0.236 e. The van der Waals surface area contributed by atoms with Crippen molar-refractivity contribution in [3.8, 4) is 11.4 Å². The van der Waals surface area contributed by atoms with Gasteiger partial charge in [0.25, 0.3) is 0 Å². The third kappa shape index (κ3) is 2.43. The van der Waals surface area contributed by atoms with Crippen molar-refractivity contribution < 1.29 is 0 Å². The highest BCUT2D eigenvalue weighted by Gasteiger charge is 2.28. The van der Waals surface area contributed by atoms with E-state index < -0.39 is 0 Å². The Kier molecular flexibility index (Phi) is 3.35. The molecule has 0 spiro atoms. The van der Waals surface area contributed by atoms with Gasteiger partial charge in [0.05, 0.1) is 11.6 Å². The van der Waals surface area contributed by atoms with E-state index in [1.807, 2.05) is 30.5 Å². The molecule has 18 heavy (non-hydrogen) atoms. The number of benzene rings is 1. The second-order valence-electron chi connectivity index (χ2n) is 4.52. The normalized spacial score (nSPS) is 14.8. The Hall–Kier alpha value is -0.930. The monoisotopic (exact) mass is 322 g/mol. The summed E-state index contributed by atoms with van der Waals surface area (Å²) in [7, 11) is 0. The summed E-state index contributed by atoms with van der Waals surface area (Å²) in [5.74, 6) is 1.88. The van der Waals surface area contributed by atoms with Crippen LogP contribution in [-0.2, 0) is 5.88 Å². The molecule has 1 fully saturated rings. The van der Waals surface area contributed by atoms with Gasteiger partial charge < -0.3 is 0 Å². The zero-order chi connectivity index (χ0) is 12.5. The molecular formula is C14H12BrClN2. The average molecular weight is 324 g/mol. The molecule has 4 heteroatoms. The van der Waals surface area contributed by atoms with Crippen LogP contribution in [0.15, 0.2) is 34.9 Å². The fraction of sp³-hybridized carbons (Fsp3) is 0.286. The summed E-state index contributed by atoms with van der Waals surface area (Å²) >= 11 is 9.37. The number of hydrogen-bond acceptors (Lipinski definition) is 2. The summed E-state index contributed by atoms with van der Waals surface area (Å²) in [5, 5.41) is 0. The van der Waals surface area contributed by atoms with E-state index in [0.29, 0.717) is 11.8 Å². The number of nitrogens with zero attached hydrogens (tertiary/aromatic N) is 2. The summed E-state index contributed by atoms with van der Waals surface area (Å²) in [5.41, 5.74) is 3.25. The number of hydrogen-bond donors (Lipinski definition) is 0. The topological polar surface area (TPSA) is 25.8 Å². The molecule has 0 bridgehead atoms. The lowest BCUT2D eigenvalue weighted by atomic mass is 10.1. The lowest BCUT2D eigenvalue weighted by Gasteiger charge is -2.07. The summed E-state index contributed by atoms with van der Waals surface area (Å²) in [4.78, 5) is 9.10. The first-order valence-electron chi connectivity index (χ1n) is 5.95. The van der Waals surface area contributed by atoms with E-state index in [-0.39, 0.29) is 0 Å². The van der Waals surface area contributed by atoms with Crippen LogP contribution in [0.2, 0.25) is 0 Å². The molecule has 2 aromatic rings. The third-order valence-corrected chi connectivity index (χ3v) is 3.93. The highest BCUT2D eigenvalue weighted by molar-refractivity contribution is 9.10. The molecule has 0 saturated heterocycles. The number of rotatable bonds is 3. The minimum atomic E-state index is 0.493. The Bertz CT molecular complexity index is 565. The largest absolute Gasteiger partial charge is 0.236 e. The van der Waals surface area contributed by atoms with Gasteiger partial charge in [-0.25, -0.2) is 9.97 Å². The Balaban J connectivity index is 2.02. The van der Waals surface area contributed by atoms with E-state index in [1.54, 1.807) is 0 Å². The molecule has 0 aliphatic heterocycles. The van der Waals surface area contributed by atoms with Crippen LogP contribution < -0.4 is 0 Å². The summed E-state index contributed by atoms with van der Waals surface area (Å²) < 4.78 is 1.06. The van der Waals surface area contributed by atoms with Crippen molar-refractivity contribution >= 4 is 27.5 Å². The molecule has 3 rings (SSSR count). The van der Waals surface area contributed by atoms with Gasteiger partial charge in [-0.1, -0.05) is 28.1 Å². The highest BCUT2D eigenvalue weighted by atomic mass is 79.9. The van der Waals surface area contributed by atoms with Crippen molar-refractivity contribution in [1.29, 1.82) is 0 Å². The third-order valence-electron chi connectivity index (χ3n) is 3.11. The molecule has 0 amide bonds. The SMILES string of the molecule is ClCc1cnc(-c2ccc(Br)cc2)nc1C1CC1. The molecule has 0 radical (unpaired) electrons. The molecular weight excluding hydrogens is 312 g/mol. The maximum atomic E-state index is 5.94. The zero-order valence-electron chi connectivity index (χ0n) is 9.74. The highest BCUT2D eigenvalue weighted by Crippen LogP contribution is 2.41. The smallest absolute Gasteiger partial charge is 0.159 e. The van der Waals surface area contributed by atoms with Crippen LogP contribution in [0.1, 0.15) is 30.0 Å². The zero-order valence-corrected chi connectivity index (χ0v) is 12.1. The summed E-state index contributed by atoms with van der Waals surface area (Å²) in [6, 6.07) is 8.06. The van der Waals surface area contributed by atoms with E-state index in [2.05, 4.69) is 20.9 Å². The maximum Gasteiger partial charge on any atom is 0.159 e. The molecule has 1 heterocycles. The Morgan fingerprint density at radius 3 is 2.56 bits per heavy atom. The second-order valence-corrected chi connectivity index (χ2v) is 5.70. The predicted molar refractivity (Wildman–Crippen MR) is 76.7 cm³/mol. The van der Waals surface area contributed by atoms with Crippen molar-refractivity contribution in [1.82, 2.24) is 9.97 Å². The van der Waals surface area contributed by atoms with Crippen LogP contribution in [0.4, 0.5) is 0 Å². The first kappa shape index (κ1) is 12.1. The van der Waals surface area contributed by atoms with Gasteiger partial charge in [-0.2, -0.15) is 0 Å². The number of alkyl halides is 1. The second kappa shape index (κ2) is 4.98. The first-order chi connectivity index (χ1) is 8.78. The van der Waals surface area contributed by atoms with Crippen LogP contribution >= 0.6 is 27.5 Å². The van der Waals surface area contributed by atoms with E-state index in [1.165, 1.54) is 12.8 Å². The van der Waals surface area contributed by atoms with Gasteiger partial charge in [0.15, 0.2) is 5.82 Å². The van der Waals surface area contributed by atoms with Crippen LogP contribution in [0, 0.1) is 0 Å². The molecule has 1 aromatic heterocycles. The van der Waals surface area contributed by atoms with Crippen LogP contribution in [-0.4, -0.2) is 9.97 Å². The quantitative estimate of drug-likeness (QED) is 0.776. The van der Waals surface area contributed by atoms with Crippen LogP contribution in [0.25, 0.3) is 11.4 Å². The molecule has 0 atom stereocenters. The van der Waals surface area contributed by atoms with Crippen molar-refractivity contribution in [2.24, 2.45) is 0 Å². The van der Waals surface area contributed by atoms with Crippen molar-refractivity contribution in [3.63, 3.8) is 0 Å². The number of aromatic nitrogens is 2. The fourth-order valence-electron chi connectivity index (χ4n) is 1.97. The molecule has 2 nitrogen and oxygen atoms in total. The average Bonchev–Trinajstić information content (AvgIpc) is 3.23. The Morgan fingerprint density at radius 1 is 1.22 bits per heavy atom. The van der Waals surface area contributed by atoms with Gasteiger partial charge in [-0.05, 0) is 25.0 Å². The molecule has 0 N–H and O–H groups in total. The fourth-order valence-corrected chi connectivity index (χ4v) is 2.44. The summed E-state index contributed by atoms with van der Waals surface area (Å²) in [6.07, 6.45) is 4.31. The molecule has 1 aliphatic carbocycles. The maximum absolute atomic E-state index is 5.94. The predicted octanol–water partition coefficient (Wildman–Crippen LogP) is 4.52. The minimum absolute atomic E-state index is 0.493.